The fraction of sp³-hybridized carbons (Fsp3) is 0.500. The molecule has 0 aromatic carbocycles. The number of Topliss-reactive ketones (excluding diaryl/α,β-unsaturated/α-hetero) is 1. The van der Waals surface area contributed by atoms with Crippen molar-refractivity contribution in [1.29, 1.82) is 0 Å². The number of hydrogen-bond donors (Lipinski definition) is 0. The van der Waals surface area contributed by atoms with E-state index in [4.69, 9.17) is 0 Å². The lowest BCUT2D eigenvalue weighted by atomic mass is 10.1. The maximum atomic E-state index is 11.8. The Morgan fingerprint density at radius 3 is 2.15 bits per heavy atom. The van der Waals surface area contributed by atoms with Gasteiger partial charge in [0.1, 0.15) is 11.8 Å². The number of carbonyl (C=O) groups excluding carboxylic acids is 1. The molecule has 0 aromatic heterocycles. The molecule has 0 N–H and O–H groups in total. The Labute approximate surface area is 69.4 Å². The largest absolute Gasteiger partial charge is 0.422 e. The molecular weight excluding hydrogens is 197 g/mol. The van der Waals surface area contributed by atoms with Crippen molar-refractivity contribution < 1.29 is 26.7 Å². The van der Waals surface area contributed by atoms with Crippen LogP contribution in [0.4, 0.5) is 22.0 Å². The molecule has 1 heterocycles. The van der Waals surface area contributed by atoms with Crippen LogP contribution in [-0.2, 0) is 4.79 Å². The lowest BCUT2D eigenvalue weighted by molar-refractivity contribution is -0.131. The second-order valence-electron chi connectivity index (χ2n) is 2.26. The van der Waals surface area contributed by atoms with E-state index in [9.17, 15) is 26.7 Å². The van der Waals surface area contributed by atoms with Crippen molar-refractivity contribution >= 4 is 5.78 Å². The third kappa shape index (κ3) is 1.78. The zero-order valence-corrected chi connectivity index (χ0v) is 5.90. The van der Waals surface area contributed by atoms with Crippen molar-refractivity contribution in [1.82, 2.24) is 5.32 Å². The molecule has 0 aliphatic carbocycles. The van der Waals surface area contributed by atoms with Gasteiger partial charge in [-0.2, -0.15) is 13.2 Å². The smallest absolute Gasteiger partial charge is 0.291 e. The molecule has 0 aromatic rings. The van der Waals surface area contributed by atoms with Gasteiger partial charge in [0.2, 0.25) is 0 Å². The Balaban J connectivity index is 2.81. The molecule has 0 bridgehead atoms. The summed E-state index contributed by atoms with van der Waals surface area (Å²) in [6.45, 7) is 0. The van der Waals surface area contributed by atoms with E-state index < -0.39 is 30.0 Å². The summed E-state index contributed by atoms with van der Waals surface area (Å²) in [4.78, 5) is 10.6. The number of rotatable bonds is 1. The van der Waals surface area contributed by atoms with Gasteiger partial charge in [-0.15, -0.1) is 0 Å². The highest BCUT2D eigenvalue weighted by Crippen LogP contribution is 2.30. The van der Waals surface area contributed by atoms with Gasteiger partial charge in [-0.1, -0.05) is 0 Å². The summed E-state index contributed by atoms with van der Waals surface area (Å²) >= 11 is 0. The number of ketones is 1. The number of alkyl halides is 5. The monoisotopic (exact) mass is 199 g/mol. The summed E-state index contributed by atoms with van der Waals surface area (Å²) in [7, 11) is 0. The molecule has 72 valence electrons. The topological polar surface area (TPSA) is 31.2 Å². The fourth-order valence-corrected chi connectivity index (χ4v) is 0.770. The summed E-state index contributed by atoms with van der Waals surface area (Å²) in [5.41, 5.74) is -1.74. The van der Waals surface area contributed by atoms with Crippen molar-refractivity contribution in [2.45, 2.75) is 18.6 Å². The Morgan fingerprint density at radius 1 is 1.38 bits per heavy atom. The van der Waals surface area contributed by atoms with E-state index in [0.29, 0.717) is 0 Å². The highest BCUT2D eigenvalue weighted by Gasteiger charge is 2.48. The first kappa shape index (κ1) is 9.94. The van der Waals surface area contributed by atoms with E-state index in [-0.39, 0.29) is 0 Å². The quantitative estimate of drug-likeness (QED) is 0.581. The third-order valence-corrected chi connectivity index (χ3v) is 1.35. The zero-order chi connectivity index (χ0) is 10.2. The number of hydrogen-bond acceptors (Lipinski definition) is 1. The van der Waals surface area contributed by atoms with Gasteiger partial charge >= 0.3 is 6.18 Å². The van der Waals surface area contributed by atoms with Crippen LogP contribution in [0.25, 0.3) is 0 Å². The van der Waals surface area contributed by atoms with Crippen molar-refractivity contribution in [3.8, 4) is 0 Å². The van der Waals surface area contributed by atoms with Crippen LogP contribution >= 0.6 is 0 Å². The summed E-state index contributed by atoms with van der Waals surface area (Å²) in [5.74, 6) is -1.72. The lowest BCUT2D eigenvalue weighted by Gasteiger charge is -2.07. The zero-order valence-electron chi connectivity index (χ0n) is 5.90. The average Bonchev–Trinajstić information content (AvgIpc) is 2.28. The molecule has 1 rings (SSSR count). The molecule has 0 fully saturated rings. The van der Waals surface area contributed by atoms with Crippen molar-refractivity contribution in [2.24, 2.45) is 0 Å². The number of nitrogens with zero attached hydrogens (tertiary/aromatic N) is 1. The van der Waals surface area contributed by atoms with Crippen LogP contribution in [-0.4, -0.2) is 24.4 Å². The van der Waals surface area contributed by atoms with E-state index in [1.165, 1.54) is 6.20 Å². The molecule has 0 amide bonds. The maximum absolute atomic E-state index is 11.8. The Kier molecular flexibility index (Phi) is 2.27. The van der Waals surface area contributed by atoms with Crippen LogP contribution in [0.3, 0.4) is 0 Å². The molecule has 0 spiro atoms. The minimum Gasteiger partial charge on any atom is -0.291 e. The second kappa shape index (κ2) is 2.97. The van der Waals surface area contributed by atoms with Crippen LogP contribution < -0.4 is 5.32 Å². The first-order valence-electron chi connectivity index (χ1n) is 3.06. The van der Waals surface area contributed by atoms with E-state index in [0.717, 1.165) is 0 Å². The second-order valence-corrected chi connectivity index (χ2v) is 2.26. The summed E-state index contributed by atoms with van der Waals surface area (Å²) in [6, 6.07) is -2.24. The Hall–Kier alpha value is -1.14. The first-order valence-corrected chi connectivity index (χ1v) is 3.06. The highest BCUT2D eigenvalue weighted by atomic mass is 19.4. The molecule has 1 unspecified atom stereocenters. The lowest BCUT2D eigenvalue weighted by Crippen LogP contribution is -2.33. The van der Waals surface area contributed by atoms with Gasteiger partial charge in [-0.05, 0) is 0 Å². The third-order valence-electron chi connectivity index (χ3n) is 1.35. The van der Waals surface area contributed by atoms with Gasteiger partial charge in [0, 0.05) is 0 Å². The molecule has 0 saturated carbocycles. The van der Waals surface area contributed by atoms with E-state index >= 15 is 0 Å². The summed E-state index contributed by atoms with van der Waals surface area (Å²) in [6.07, 6.45) is -6.91. The molecule has 1 aliphatic rings. The van der Waals surface area contributed by atoms with Crippen molar-refractivity contribution in [2.75, 3.05) is 0 Å². The predicted molar refractivity (Wildman–Crippen MR) is 29.7 cm³/mol. The molecule has 2 radical (unpaired) electrons. The van der Waals surface area contributed by atoms with Gasteiger partial charge in [0.05, 0.1) is 0 Å². The van der Waals surface area contributed by atoms with Crippen molar-refractivity contribution in [3.63, 3.8) is 0 Å². The van der Waals surface area contributed by atoms with Gasteiger partial charge in [0.15, 0.2) is 11.8 Å². The minimum atomic E-state index is -4.95. The first-order chi connectivity index (χ1) is 5.84. The average molecular weight is 199 g/mol. The SMILES string of the molecule is O=C1C(C(F)(F)F)=[C][N]C1C(F)F. The summed E-state index contributed by atoms with van der Waals surface area (Å²) in [5, 5.41) is 2.66. The Bertz CT molecular complexity index is 256. The molecule has 13 heavy (non-hydrogen) atoms. The van der Waals surface area contributed by atoms with Crippen LogP contribution in [0.2, 0.25) is 0 Å². The van der Waals surface area contributed by atoms with Crippen molar-refractivity contribution in [3.05, 3.63) is 11.8 Å². The van der Waals surface area contributed by atoms with Crippen LogP contribution in [0.15, 0.2) is 5.57 Å². The predicted octanol–water partition coefficient (Wildman–Crippen LogP) is 1.06. The maximum Gasteiger partial charge on any atom is 0.422 e. The molecule has 0 saturated heterocycles. The van der Waals surface area contributed by atoms with Gasteiger partial charge < -0.3 is 0 Å². The summed E-state index contributed by atoms with van der Waals surface area (Å²) < 4.78 is 59.1. The van der Waals surface area contributed by atoms with E-state index in [2.05, 4.69) is 5.32 Å². The standard InChI is InChI=1S/C6H2F5NO/c7-5(8)3-4(13)2(1-12-3)6(9,10)11/h3,5H. The molecule has 1 aliphatic heterocycles. The van der Waals surface area contributed by atoms with Crippen LogP contribution in [0.5, 0.6) is 0 Å². The molecule has 2 nitrogen and oxygen atoms in total. The number of carbonyl (C=O) groups is 1. The van der Waals surface area contributed by atoms with Crippen LogP contribution in [0, 0.1) is 6.20 Å². The van der Waals surface area contributed by atoms with Gasteiger partial charge in [-0.25, -0.2) is 8.78 Å². The number of halogens is 5. The molecular formula is C6H2F5NO. The normalized spacial score (nSPS) is 23.4. The minimum absolute atomic E-state index is 1.26. The fourth-order valence-electron chi connectivity index (χ4n) is 0.770. The van der Waals surface area contributed by atoms with Gasteiger partial charge in [0.25, 0.3) is 6.43 Å². The van der Waals surface area contributed by atoms with E-state index in [1.54, 1.807) is 0 Å². The van der Waals surface area contributed by atoms with Crippen LogP contribution in [0.1, 0.15) is 0 Å². The molecule has 7 heteroatoms. The Morgan fingerprint density at radius 2 is 1.92 bits per heavy atom. The van der Waals surface area contributed by atoms with E-state index in [1.807, 2.05) is 0 Å². The molecule has 1 atom stereocenters. The highest BCUT2D eigenvalue weighted by molar-refractivity contribution is 6.02. The van der Waals surface area contributed by atoms with Gasteiger partial charge in [-0.3, -0.25) is 10.1 Å².